The third-order valence-electron chi connectivity index (χ3n) is 2.99. The molecule has 3 aromatic heterocycles. The monoisotopic (exact) mass is 321 g/mol. The summed E-state index contributed by atoms with van der Waals surface area (Å²) in [6, 6.07) is 4.68. The van der Waals surface area contributed by atoms with Crippen molar-refractivity contribution in [3.05, 3.63) is 28.6 Å². The van der Waals surface area contributed by atoms with E-state index in [4.69, 9.17) is 0 Å². The van der Waals surface area contributed by atoms with Crippen LogP contribution in [0.3, 0.4) is 0 Å². The summed E-state index contributed by atoms with van der Waals surface area (Å²) < 4.78 is 1.94. The van der Waals surface area contributed by atoms with E-state index in [9.17, 15) is 0 Å². The number of aromatic nitrogens is 5. The Kier molecular flexibility index (Phi) is 3.29. The van der Waals surface area contributed by atoms with Crippen molar-refractivity contribution in [2.45, 2.75) is 29.8 Å². The average molecular weight is 321 g/mol. The summed E-state index contributed by atoms with van der Waals surface area (Å²) >= 11 is 5.08. The van der Waals surface area contributed by atoms with Gasteiger partial charge < -0.3 is 0 Å². The molecule has 0 aliphatic heterocycles. The molecule has 0 aromatic carbocycles. The lowest BCUT2D eigenvalue weighted by atomic mass is 10.5. The van der Waals surface area contributed by atoms with Crippen molar-refractivity contribution < 1.29 is 0 Å². The van der Waals surface area contributed by atoms with Gasteiger partial charge in [-0.15, -0.1) is 27.8 Å². The summed E-state index contributed by atoms with van der Waals surface area (Å²) in [4.78, 5) is 5.90. The number of hydrogen-bond acceptors (Lipinski definition) is 7. The lowest BCUT2D eigenvalue weighted by molar-refractivity contribution is 0.565. The van der Waals surface area contributed by atoms with Crippen molar-refractivity contribution in [1.82, 2.24) is 25.2 Å². The molecular formula is C12H11N5S3. The van der Waals surface area contributed by atoms with Gasteiger partial charge in [-0.25, -0.2) is 9.67 Å². The lowest BCUT2D eigenvalue weighted by Gasteiger charge is -2.00. The van der Waals surface area contributed by atoms with Crippen LogP contribution in [0.2, 0.25) is 0 Å². The van der Waals surface area contributed by atoms with Gasteiger partial charge in [-0.3, -0.25) is 0 Å². The van der Waals surface area contributed by atoms with Gasteiger partial charge >= 0.3 is 0 Å². The molecule has 8 heteroatoms. The SMILES string of the molecule is c1csc(-c2nc(CSc3nnnn3C3CC3)cs2)c1. The van der Waals surface area contributed by atoms with Crippen molar-refractivity contribution in [2.24, 2.45) is 0 Å². The summed E-state index contributed by atoms with van der Waals surface area (Å²) in [7, 11) is 0. The Labute approximate surface area is 128 Å². The van der Waals surface area contributed by atoms with Crippen LogP contribution in [-0.2, 0) is 5.75 Å². The highest BCUT2D eigenvalue weighted by Gasteiger charge is 2.27. The van der Waals surface area contributed by atoms with Crippen molar-refractivity contribution in [3.63, 3.8) is 0 Å². The van der Waals surface area contributed by atoms with Gasteiger partial charge in [-0.05, 0) is 34.7 Å². The standard InChI is InChI=1S/C12H11N5S3/c1-2-10(18-5-1)11-13-8(6-19-11)7-20-12-14-15-16-17(12)9-3-4-9/h1-2,5-6,9H,3-4,7H2. The smallest absolute Gasteiger partial charge is 0.209 e. The van der Waals surface area contributed by atoms with E-state index in [0.29, 0.717) is 6.04 Å². The Balaban J connectivity index is 1.45. The van der Waals surface area contributed by atoms with E-state index in [1.165, 1.54) is 17.7 Å². The highest BCUT2D eigenvalue weighted by Crippen LogP contribution is 2.37. The number of thioether (sulfide) groups is 1. The van der Waals surface area contributed by atoms with E-state index in [1.54, 1.807) is 34.4 Å². The Morgan fingerprint density at radius 3 is 3.10 bits per heavy atom. The summed E-state index contributed by atoms with van der Waals surface area (Å²) in [6.45, 7) is 0. The molecule has 0 bridgehead atoms. The zero-order valence-corrected chi connectivity index (χ0v) is 12.9. The Hall–Kier alpha value is -1.25. The fourth-order valence-electron chi connectivity index (χ4n) is 1.85. The molecule has 0 saturated heterocycles. The highest BCUT2D eigenvalue weighted by molar-refractivity contribution is 7.98. The lowest BCUT2D eigenvalue weighted by Crippen LogP contribution is -1.98. The number of tetrazole rings is 1. The molecule has 4 rings (SSSR count). The second kappa shape index (κ2) is 5.27. The first kappa shape index (κ1) is 12.5. The third-order valence-corrected chi connectivity index (χ3v) is 5.89. The first-order chi connectivity index (χ1) is 9.90. The molecule has 3 heterocycles. The van der Waals surface area contributed by atoms with Gasteiger partial charge in [0.1, 0.15) is 5.01 Å². The fraction of sp³-hybridized carbons (Fsp3) is 0.333. The van der Waals surface area contributed by atoms with Crippen LogP contribution in [0.15, 0.2) is 28.0 Å². The van der Waals surface area contributed by atoms with Gasteiger partial charge in [0.25, 0.3) is 0 Å². The number of rotatable bonds is 5. The number of nitrogens with zero attached hydrogens (tertiary/aromatic N) is 5. The van der Waals surface area contributed by atoms with Crippen LogP contribution in [0.25, 0.3) is 9.88 Å². The number of thiazole rings is 1. The van der Waals surface area contributed by atoms with Gasteiger partial charge in [-0.2, -0.15) is 0 Å². The summed E-state index contributed by atoms with van der Waals surface area (Å²) in [5, 5.41) is 18.1. The Morgan fingerprint density at radius 1 is 1.35 bits per heavy atom. The van der Waals surface area contributed by atoms with Crippen LogP contribution in [-0.4, -0.2) is 25.2 Å². The first-order valence-corrected chi connectivity index (χ1v) is 9.03. The average Bonchev–Trinajstić information content (AvgIpc) is 2.93. The Morgan fingerprint density at radius 2 is 2.30 bits per heavy atom. The van der Waals surface area contributed by atoms with Crippen molar-refractivity contribution >= 4 is 34.4 Å². The maximum Gasteiger partial charge on any atom is 0.209 e. The normalized spacial score (nSPS) is 14.8. The maximum absolute atomic E-state index is 4.67. The van der Waals surface area contributed by atoms with E-state index < -0.39 is 0 Å². The molecule has 20 heavy (non-hydrogen) atoms. The molecular weight excluding hydrogens is 310 g/mol. The number of hydrogen-bond donors (Lipinski definition) is 0. The molecule has 0 radical (unpaired) electrons. The van der Waals surface area contributed by atoms with Crippen molar-refractivity contribution in [1.29, 1.82) is 0 Å². The van der Waals surface area contributed by atoms with Crippen molar-refractivity contribution in [2.75, 3.05) is 0 Å². The van der Waals surface area contributed by atoms with Crippen molar-refractivity contribution in [3.8, 4) is 9.88 Å². The third kappa shape index (κ3) is 2.50. The molecule has 0 unspecified atom stereocenters. The molecule has 0 N–H and O–H groups in total. The molecule has 0 atom stereocenters. The van der Waals surface area contributed by atoms with Crippen LogP contribution >= 0.6 is 34.4 Å². The van der Waals surface area contributed by atoms with Gasteiger partial charge in [0.15, 0.2) is 0 Å². The quantitative estimate of drug-likeness (QED) is 0.673. The summed E-state index contributed by atoms with van der Waals surface area (Å²) in [5.74, 6) is 0.814. The number of thiophene rings is 1. The van der Waals surface area contributed by atoms with Crippen LogP contribution in [0, 0.1) is 0 Å². The van der Waals surface area contributed by atoms with Crippen LogP contribution < -0.4 is 0 Å². The van der Waals surface area contributed by atoms with E-state index in [0.717, 1.165) is 21.6 Å². The molecule has 102 valence electrons. The van der Waals surface area contributed by atoms with Crippen LogP contribution in [0.1, 0.15) is 24.6 Å². The van der Waals surface area contributed by atoms with E-state index in [1.807, 2.05) is 4.68 Å². The molecule has 3 aromatic rings. The summed E-state index contributed by atoms with van der Waals surface area (Å²) in [5.41, 5.74) is 1.09. The van der Waals surface area contributed by atoms with Gasteiger partial charge in [0, 0.05) is 11.1 Å². The molecule has 0 amide bonds. The zero-order chi connectivity index (χ0) is 13.4. The largest absolute Gasteiger partial charge is 0.239 e. The zero-order valence-electron chi connectivity index (χ0n) is 10.5. The van der Waals surface area contributed by atoms with E-state index in [-0.39, 0.29) is 0 Å². The van der Waals surface area contributed by atoms with E-state index >= 15 is 0 Å². The molecule has 0 spiro atoms. The molecule has 1 fully saturated rings. The molecule has 5 nitrogen and oxygen atoms in total. The second-order valence-corrected chi connectivity index (χ2v) is 7.30. The van der Waals surface area contributed by atoms with E-state index in [2.05, 4.69) is 43.4 Å². The Bertz CT molecular complexity index is 698. The molecule has 1 saturated carbocycles. The van der Waals surface area contributed by atoms with Gasteiger partial charge in [0.05, 0.1) is 16.6 Å². The minimum atomic E-state index is 0.518. The molecule has 1 aliphatic carbocycles. The highest BCUT2D eigenvalue weighted by atomic mass is 32.2. The predicted octanol–water partition coefficient (Wildman–Crippen LogP) is 3.49. The fourth-order valence-corrected chi connectivity index (χ4v) is 4.43. The molecule has 1 aliphatic rings. The minimum Gasteiger partial charge on any atom is -0.239 e. The van der Waals surface area contributed by atoms with Gasteiger partial charge in [0.2, 0.25) is 5.16 Å². The predicted molar refractivity (Wildman–Crippen MR) is 81.1 cm³/mol. The second-order valence-electron chi connectivity index (χ2n) is 4.55. The van der Waals surface area contributed by atoms with Crippen LogP contribution in [0.4, 0.5) is 0 Å². The van der Waals surface area contributed by atoms with Crippen LogP contribution in [0.5, 0.6) is 0 Å². The summed E-state index contributed by atoms with van der Waals surface area (Å²) in [6.07, 6.45) is 2.38. The minimum absolute atomic E-state index is 0.518. The van der Waals surface area contributed by atoms with Gasteiger partial charge in [-0.1, -0.05) is 17.8 Å². The topological polar surface area (TPSA) is 56.5 Å². The first-order valence-electron chi connectivity index (χ1n) is 6.29. The maximum atomic E-state index is 4.67.